The number of hydrogen-bond donors (Lipinski definition) is 1. The van der Waals surface area contributed by atoms with Gasteiger partial charge >= 0.3 is 0 Å². The first kappa shape index (κ1) is 12.0. The van der Waals surface area contributed by atoms with Crippen LogP contribution in [0.1, 0.15) is 23.8 Å². The van der Waals surface area contributed by atoms with Gasteiger partial charge in [-0.15, -0.1) is 0 Å². The van der Waals surface area contributed by atoms with Gasteiger partial charge in [0.1, 0.15) is 5.69 Å². The monoisotopic (exact) mass is 238 g/mol. The maximum absolute atomic E-state index is 12.9. The highest BCUT2D eigenvalue weighted by Gasteiger charge is 2.24. The average molecular weight is 238 g/mol. The van der Waals surface area contributed by atoms with E-state index in [4.69, 9.17) is 4.74 Å². The lowest BCUT2D eigenvalue weighted by molar-refractivity contribution is 0.0916. The van der Waals surface area contributed by atoms with Gasteiger partial charge in [0.05, 0.1) is 6.61 Å². The van der Waals surface area contributed by atoms with E-state index in [1.54, 1.807) is 0 Å². The van der Waals surface area contributed by atoms with Gasteiger partial charge in [-0.25, -0.2) is 4.98 Å². The SMILES string of the molecule is CC(NC(=O)c1cccc(F)n1)C1CCOC1. The zero-order valence-electron chi connectivity index (χ0n) is 9.65. The van der Waals surface area contributed by atoms with Gasteiger partial charge in [-0.3, -0.25) is 4.79 Å². The summed E-state index contributed by atoms with van der Waals surface area (Å²) in [6, 6.07) is 4.19. The quantitative estimate of drug-likeness (QED) is 0.809. The summed E-state index contributed by atoms with van der Waals surface area (Å²) < 4.78 is 18.1. The molecule has 1 saturated heterocycles. The minimum atomic E-state index is -0.644. The van der Waals surface area contributed by atoms with E-state index in [0.29, 0.717) is 12.5 Å². The Labute approximate surface area is 99.2 Å². The molecule has 1 aromatic heterocycles. The summed E-state index contributed by atoms with van der Waals surface area (Å²) in [5.74, 6) is -0.661. The van der Waals surface area contributed by atoms with Crippen LogP contribution in [0.2, 0.25) is 0 Å². The van der Waals surface area contributed by atoms with Gasteiger partial charge in [0.2, 0.25) is 5.95 Å². The predicted octanol–water partition coefficient (Wildman–Crippen LogP) is 1.38. The summed E-state index contributed by atoms with van der Waals surface area (Å²) in [5, 5.41) is 2.82. The van der Waals surface area contributed by atoms with E-state index >= 15 is 0 Å². The number of hydrogen-bond acceptors (Lipinski definition) is 3. The molecule has 1 aliphatic rings. The third kappa shape index (κ3) is 3.00. The average Bonchev–Trinajstić information content (AvgIpc) is 2.82. The third-order valence-corrected chi connectivity index (χ3v) is 2.98. The highest BCUT2D eigenvalue weighted by molar-refractivity contribution is 5.92. The van der Waals surface area contributed by atoms with Crippen molar-refractivity contribution in [2.45, 2.75) is 19.4 Å². The first-order chi connectivity index (χ1) is 8.16. The molecule has 2 atom stereocenters. The molecule has 1 aliphatic heterocycles. The predicted molar refractivity (Wildman–Crippen MR) is 60.0 cm³/mol. The maximum atomic E-state index is 12.9. The van der Waals surface area contributed by atoms with Crippen molar-refractivity contribution in [3.63, 3.8) is 0 Å². The number of nitrogens with zero attached hydrogens (tertiary/aromatic N) is 1. The lowest BCUT2D eigenvalue weighted by atomic mass is 10.0. The Bertz CT molecular complexity index is 405. The number of carbonyl (C=O) groups excluding carboxylic acids is 1. The standard InChI is InChI=1S/C12H15FN2O2/c1-8(9-5-6-17-7-9)14-12(16)10-3-2-4-11(13)15-10/h2-4,8-9H,5-7H2,1H3,(H,14,16). The number of halogens is 1. The molecular weight excluding hydrogens is 223 g/mol. The molecule has 0 aromatic carbocycles. The Morgan fingerprint density at radius 2 is 2.47 bits per heavy atom. The highest BCUT2D eigenvalue weighted by Crippen LogP contribution is 2.16. The number of ether oxygens (including phenoxy) is 1. The summed E-state index contributed by atoms with van der Waals surface area (Å²) in [5.41, 5.74) is 0.107. The fraction of sp³-hybridized carbons (Fsp3) is 0.500. The minimum absolute atomic E-state index is 0.00932. The topological polar surface area (TPSA) is 51.2 Å². The number of nitrogens with one attached hydrogen (secondary N) is 1. The molecule has 17 heavy (non-hydrogen) atoms. The van der Waals surface area contributed by atoms with E-state index in [0.717, 1.165) is 13.0 Å². The normalized spacial score (nSPS) is 21.2. The number of aromatic nitrogens is 1. The number of pyridine rings is 1. The first-order valence-electron chi connectivity index (χ1n) is 5.68. The molecule has 1 aromatic rings. The minimum Gasteiger partial charge on any atom is -0.381 e. The van der Waals surface area contributed by atoms with Crippen LogP contribution in [0, 0.1) is 11.9 Å². The molecule has 4 nitrogen and oxygen atoms in total. The van der Waals surface area contributed by atoms with Crippen molar-refractivity contribution in [3.05, 3.63) is 29.8 Å². The molecule has 0 saturated carbocycles. The Balaban J connectivity index is 1.96. The van der Waals surface area contributed by atoms with Gasteiger partial charge in [0.15, 0.2) is 0 Å². The molecule has 1 amide bonds. The van der Waals surface area contributed by atoms with E-state index in [1.165, 1.54) is 18.2 Å². The van der Waals surface area contributed by atoms with E-state index < -0.39 is 5.95 Å². The summed E-state index contributed by atoms with van der Waals surface area (Å²) >= 11 is 0. The van der Waals surface area contributed by atoms with Crippen LogP contribution in [0.25, 0.3) is 0 Å². The lowest BCUT2D eigenvalue weighted by Crippen LogP contribution is -2.38. The maximum Gasteiger partial charge on any atom is 0.270 e. The molecule has 92 valence electrons. The second kappa shape index (κ2) is 5.23. The van der Waals surface area contributed by atoms with Gasteiger partial charge in [-0.1, -0.05) is 6.07 Å². The third-order valence-electron chi connectivity index (χ3n) is 2.98. The van der Waals surface area contributed by atoms with E-state index in [-0.39, 0.29) is 17.6 Å². The van der Waals surface area contributed by atoms with Crippen molar-refractivity contribution < 1.29 is 13.9 Å². The molecule has 2 unspecified atom stereocenters. The molecular formula is C12H15FN2O2. The Morgan fingerprint density at radius 1 is 1.65 bits per heavy atom. The molecule has 0 aliphatic carbocycles. The molecule has 0 spiro atoms. The molecule has 2 heterocycles. The Hall–Kier alpha value is -1.49. The van der Waals surface area contributed by atoms with Gasteiger partial charge in [0, 0.05) is 18.6 Å². The zero-order chi connectivity index (χ0) is 12.3. The largest absolute Gasteiger partial charge is 0.381 e. The molecule has 0 bridgehead atoms. The number of rotatable bonds is 3. The van der Waals surface area contributed by atoms with Crippen molar-refractivity contribution in [1.82, 2.24) is 10.3 Å². The van der Waals surface area contributed by atoms with E-state index in [2.05, 4.69) is 10.3 Å². The van der Waals surface area contributed by atoms with Crippen molar-refractivity contribution in [3.8, 4) is 0 Å². The van der Waals surface area contributed by atoms with E-state index in [9.17, 15) is 9.18 Å². The Morgan fingerprint density at radius 3 is 3.12 bits per heavy atom. The molecule has 0 radical (unpaired) electrons. The van der Waals surface area contributed by atoms with Crippen molar-refractivity contribution >= 4 is 5.91 Å². The Kier molecular flexibility index (Phi) is 3.68. The summed E-state index contributed by atoms with van der Waals surface area (Å²) in [6.45, 7) is 3.33. The van der Waals surface area contributed by atoms with Crippen molar-refractivity contribution in [2.75, 3.05) is 13.2 Å². The molecule has 2 rings (SSSR count). The van der Waals surface area contributed by atoms with Gasteiger partial charge in [-0.05, 0) is 25.5 Å². The van der Waals surface area contributed by atoms with Crippen molar-refractivity contribution in [1.29, 1.82) is 0 Å². The first-order valence-corrected chi connectivity index (χ1v) is 5.68. The van der Waals surface area contributed by atoms with Crippen LogP contribution >= 0.6 is 0 Å². The fourth-order valence-corrected chi connectivity index (χ4v) is 1.88. The highest BCUT2D eigenvalue weighted by atomic mass is 19.1. The van der Waals surface area contributed by atoms with Crippen LogP contribution < -0.4 is 5.32 Å². The van der Waals surface area contributed by atoms with Gasteiger partial charge in [0.25, 0.3) is 5.91 Å². The van der Waals surface area contributed by atoms with Crippen LogP contribution in [0.4, 0.5) is 4.39 Å². The lowest BCUT2D eigenvalue weighted by Gasteiger charge is -2.18. The van der Waals surface area contributed by atoms with Crippen LogP contribution in [-0.4, -0.2) is 30.1 Å². The van der Waals surface area contributed by atoms with Crippen LogP contribution in [0.5, 0.6) is 0 Å². The molecule has 1 N–H and O–H groups in total. The second-order valence-corrected chi connectivity index (χ2v) is 4.23. The fourth-order valence-electron chi connectivity index (χ4n) is 1.88. The summed E-state index contributed by atoms with van der Waals surface area (Å²) in [6.07, 6.45) is 0.942. The summed E-state index contributed by atoms with van der Waals surface area (Å²) in [7, 11) is 0. The van der Waals surface area contributed by atoms with Gasteiger partial charge < -0.3 is 10.1 Å². The number of carbonyl (C=O) groups is 1. The zero-order valence-corrected chi connectivity index (χ0v) is 9.65. The van der Waals surface area contributed by atoms with Crippen LogP contribution in [0.3, 0.4) is 0 Å². The molecule has 1 fully saturated rings. The van der Waals surface area contributed by atoms with E-state index in [1.807, 2.05) is 6.92 Å². The smallest absolute Gasteiger partial charge is 0.270 e. The van der Waals surface area contributed by atoms with Crippen LogP contribution in [-0.2, 0) is 4.74 Å². The van der Waals surface area contributed by atoms with Gasteiger partial charge in [-0.2, -0.15) is 4.39 Å². The summed E-state index contributed by atoms with van der Waals surface area (Å²) in [4.78, 5) is 15.3. The number of amides is 1. The second-order valence-electron chi connectivity index (χ2n) is 4.23. The van der Waals surface area contributed by atoms with Crippen molar-refractivity contribution in [2.24, 2.45) is 5.92 Å². The molecule has 5 heteroatoms. The van der Waals surface area contributed by atoms with Crippen LogP contribution in [0.15, 0.2) is 18.2 Å².